The monoisotopic (exact) mass is 321 g/mol. The summed E-state index contributed by atoms with van der Waals surface area (Å²) in [5.41, 5.74) is 0.355. The maximum absolute atomic E-state index is 12.4. The van der Waals surface area contributed by atoms with Crippen molar-refractivity contribution < 1.29 is 14.0 Å². The van der Waals surface area contributed by atoms with E-state index in [1.807, 2.05) is 0 Å². The minimum atomic E-state index is -0.150. The number of hydrogen-bond donors (Lipinski definition) is 1. The molecular formula is C14H21BN3O3P. The first-order chi connectivity index (χ1) is 10.6. The van der Waals surface area contributed by atoms with Gasteiger partial charge in [0.05, 0.1) is 15.7 Å². The van der Waals surface area contributed by atoms with Crippen LogP contribution in [0.4, 0.5) is 0 Å². The van der Waals surface area contributed by atoms with Gasteiger partial charge in [-0.2, -0.15) is 0 Å². The fourth-order valence-electron chi connectivity index (χ4n) is 3.59. The van der Waals surface area contributed by atoms with Crippen molar-refractivity contribution in [1.82, 2.24) is 15.2 Å². The van der Waals surface area contributed by atoms with Gasteiger partial charge in [0.1, 0.15) is 11.4 Å². The van der Waals surface area contributed by atoms with Gasteiger partial charge in [-0.15, -0.1) is 0 Å². The lowest BCUT2D eigenvalue weighted by Gasteiger charge is -2.36. The second-order valence-electron chi connectivity index (χ2n) is 6.03. The lowest BCUT2D eigenvalue weighted by Crippen LogP contribution is -2.48. The summed E-state index contributed by atoms with van der Waals surface area (Å²) in [4.78, 5) is 19.0. The third kappa shape index (κ3) is 2.92. The lowest BCUT2D eigenvalue weighted by molar-refractivity contribution is 0.0877. The number of amides is 1. The molecule has 1 N–H and O–H groups in total. The maximum Gasteiger partial charge on any atom is 0.322 e. The molecule has 2 aliphatic heterocycles. The number of fused-ring (bicyclic) bond motifs is 2. The molecule has 0 aliphatic carbocycles. The van der Waals surface area contributed by atoms with Crippen molar-refractivity contribution in [1.29, 1.82) is 0 Å². The molecule has 8 heteroatoms. The zero-order valence-electron chi connectivity index (χ0n) is 12.9. The summed E-state index contributed by atoms with van der Waals surface area (Å²) >= 11 is 0. The number of aromatic nitrogens is 1. The van der Waals surface area contributed by atoms with E-state index in [0.29, 0.717) is 29.3 Å². The number of piperidine rings is 1. The normalized spacial score (nSPS) is 27.5. The topological polar surface area (TPSA) is 63.7 Å². The molecule has 2 saturated heterocycles. The van der Waals surface area contributed by atoms with Crippen LogP contribution in [0.25, 0.3) is 0 Å². The Morgan fingerprint density at radius 1 is 1.41 bits per heavy atom. The van der Waals surface area contributed by atoms with Crippen molar-refractivity contribution in [2.24, 2.45) is 0 Å². The predicted octanol–water partition coefficient (Wildman–Crippen LogP) is 0.532. The second-order valence-corrected chi connectivity index (χ2v) is 6.27. The number of carbonyl (C=O) groups excluding carboxylic acids is 1. The molecule has 2 fully saturated rings. The summed E-state index contributed by atoms with van der Waals surface area (Å²) in [6, 6.07) is 3.03. The highest BCUT2D eigenvalue weighted by Crippen LogP contribution is 2.34. The van der Waals surface area contributed by atoms with E-state index in [9.17, 15) is 4.79 Å². The van der Waals surface area contributed by atoms with Crippen LogP contribution in [-0.4, -0.2) is 49.0 Å². The van der Waals surface area contributed by atoms with Crippen LogP contribution >= 0.6 is 9.47 Å². The van der Waals surface area contributed by atoms with E-state index in [0.717, 1.165) is 12.8 Å². The Morgan fingerprint density at radius 2 is 2.09 bits per heavy atom. The zero-order valence-corrected chi connectivity index (χ0v) is 14.1. The first kappa shape index (κ1) is 15.6. The van der Waals surface area contributed by atoms with Gasteiger partial charge in [0.15, 0.2) is 5.75 Å². The van der Waals surface area contributed by atoms with E-state index in [-0.39, 0.29) is 11.9 Å². The average molecular weight is 321 g/mol. The highest BCUT2D eigenvalue weighted by Gasteiger charge is 2.38. The number of nitrogens with zero attached hydrogens (tertiary/aromatic N) is 2. The fourth-order valence-corrected chi connectivity index (χ4v) is 3.76. The molecule has 0 saturated carbocycles. The Hall–Kier alpha value is -1.33. The second kappa shape index (κ2) is 6.43. The molecule has 1 aromatic heterocycles. The summed E-state index contributed by atoms with van der Waals surface area (Å²) in [6.07, 6.45) is 6.00. The molecule has 118 valence electrons. The Labute approximate surface area is 133 Å². The maximum atomic E-state index is 12.4. The molecule has 3 rings (SSSR count). The molecule has 2 aliphatic rings. The SMILES string of the molecule is BOc1cc(C(=O)N[C@H]2C[C@H]3CC[C@@H](C2)N3C)ncc1OP. The molecule has 4 atom stereocenters. The Morgan fingerprint density at radius 3 is 2.68 bits per heavy atom. The molecule has 2 bridgehead atoms. The molecule has 1 amide bonds. The van der Waals surface area contributed by atoms with Crippen LogP contribution in [0.5, 0.6) is 11.5 Å². The van der Waals surface area contributed by atoms with Gasteiger partial charge < -0.3 is 19.4 Å². The van der Waals surface area contributed by atoms with E-state index >= 15 is 0 Å². The number of pyridine rings is 1. The van der Waals surface area contributed by atoms with Crippen LogP contribution < -0.4 is 14.5 Å². The largest absolute Gasteiger partial charge is 0.565 e. The number of hydrogen-bond acceptors (Lipinski definition) is 5. The van der Waals surface area contributed by atoms with Gasteiger partial charge in [-0.05, 0) is 32.7 Å². The number of rotatable bonds is 4. The van der Waals surface area contributed by atoms with Crippen LogP contribution in [0, 0.1) is 0 Å². The highest BCUT2D eigenvalue weighted by molar-refractivity contribution is 7.10. The third-order valence-corrected chi connectivity index (χ3v) is 5.10. The fraction of sp³-hybridized carbons (Fsp3) is 0.571. The van der Waals surface area contributed by atoms with Crippen molar-refractivity contribution in [2.45, 2.75) is 43.8 Å². The predicted molar refractivity (Wildman–Crippen MR) is 88.8 cm³/mol. The summed E-state index contributed by atoms with van der Waals surface area (Å²) < 4.78 is 10.3. The molecule has 22 heavy (non-hydrogen) atoms. The van der Waals surface area contributed by atoms with Gasteiger partial charge >= 0.3 is 8.05 Å². The molecule has 1 unspecified atom stereocenters. The lowest BCUT2D eigenvalue weighted by atomic mass is 9.98. The Bertz CT molecular complexity index is 560. The van der Waals surface area contributed by atoms with E-state index in [4.69, 9.17) is 9.18 Å². The minimum absolute atomic E-state index is 0.150. The van der Waals surface area contributed by atoms with E-state index in [2.05, 4.69) is 31.7 Å². The van der Waals surface area contributed by atoms with Gasteiger partial charge in [0.2, 0.25) is 0 Å². The van der Waals surface area contributed by atoms with Crippen LogP contribution in [0.3, 0.4) is 0 Å². The summed E-state index contributed by atoms with van der Waals surface area (Å²) in [7, 11) is 5.87. The van der Waals surface area contributed by atoms with Crippen LogP contribution in [-0.2, 0) is 0 Å². The van der Waals surface area contributed by atoms with Crippen LogP contribution in [0.2, 0.25) is 0 Å². The molecule has 0 spiro atoms. The highest BCUT2D eigenvalue weighted by atomic mass is 31.0. The van der Waals surface area contributed by atoms with Gasteiger partial charge in [-0.1, -0.05) is 0 Å². The van der Waals surface area contributed by atoms with E-state index in [1.165, 1.54) is 19.0 Å². The number of carbonyl (C=O) groups is 1. The first-order valence-electron chi connectivity index (χ1n) is 7.56. The molecule has 3 heterocycles. The van der Waals surface area contributed by atoms with E-state index in [1.54, 1.807) is 14.1 Å². The quantitative estimate of drug-likeness (QED) is 0.648. The first-order valence-corrected chi connectivity index (χ1v) is 8.03. The summed E-state index contributed by atoms with van der Waals surface area (Å²) in [6.45, 7) is 0. The van der Waals surface area contributed by atoms with Crippen LogP contribution in [0.1, 0.15) is 36.2 Å². The van der Waals surface area contributed by atoms with Crippen molar-refractivity contribution in [3.05, 3.63) is 18.0 Å². The van der Waals surface area contributed by atoms with Gasteiger partial charge in [-0.3, -0.25) is 4.79 Å². The van der Waals surface area contributed by atoms with Gasteiger partial charge in [-0.25, -0.2) is 4.98 Å². The molecule has 0 aromatic carbocycles. The van der Waals surface area contributed by atoms with Crippen molar-refractivity contribution >= 4 is 23.4 Å². The smallest absolute Gasteiger partial charge is 0.322 e. The molecule has 6 nitrogen and oxygen atoms in total. The third-order valence-electron chi connectivity index (χ3n) is 4.84. The molecular weight excluding hydrogens is 300 g/mol. The van der Waals surface area contributed by atoms with Crippen LogP contribution in [0.15, 0.2) is 12.3 Å². The van der Waals surface area contributed by atoms with Gasteiger partial charge in [0.25, 0.3) is 5.91 Å². The van der Waals surface area contributed by atoms with Crippen molar-refractivity contribution in [3.63, 3.8) is 0 Å². The Kier molecular flexibility index (Phi) is 4.55. The average Bonchev–Trinajstić information content (AvgIpc) is 2.76. The molecule has 1 aromatic rings. The number of nitrogens with one attached hydrogen (secondary N) is 1. The zero-order chi connectivity index (χ0) is 15.7. The van der Waals surface area contributed by atoms with Crippen molar-refractivity contribution in [3.8, 4) is 11.5 Å². The summed E-state index contributed by atoms with van der Waals surface area (Å²) in [5.74, 6) is 0.836. The standard InChI is InChI=1S/C14H21BN3O3P/c1-18-9-2-3-10(18)5-8(4-9)17-14(19)11-6-12(20-15)13(21-22)7-16-11/h6-10H,2-5,15,22H2,1H3,(H,17,19)/t8-,9+,10-. The van der Waals surface area contributed by atoms with E-state index < -0.39 is 0 Å². The molecule has 0 radical (unpaired) electrons. The van der Waals surface area contributed by atoms with Gasteiger partial charge in [0, 0.05) is 24.2 Å². The Balaban J connectivity index is 1.67. The minimum Gasteiger partial charge on any atom is -0.565 e. The van der Waals surface area contributed by atoms with Crippen molar-refractivity contribution in [2.75, 3.05) is 7.05 Å². The summed E-state index contributed by atoms with van der Waals surface area (Å²) in [5, 5.41) is 3.12.